The normalized spacial score (nSPS) is 11.5. The van der Waals surface area contributed by atoms with E-state index in [1.807, 2.05) is 0 Å². The van der Waals surface area contributed by atoms with Gasteiger partial charge in [-0.25, -0.2) is 8.42 Å². The summed E-state index contributed by atoms with van der Waals surface area (Å²) in [6.45, 7) is 5.39. The van der Waals surface area contributed by atoms with Crippen LogP contribution in [-0.4, -0.2) is 87.1 Å². The number of rotatable bonds is 14. The van der Waals surface area contributed by atoms with Gasteiger partial charge in [0.2, 0.25) is 15.9 Å². The minimum atomic E-state index is -4.26. The fraction of sp³-hybridized carbons (Fsp3) is 0.571. The maximum atomic E-state index is 13.0. The Morgan fingerprint density at radius 3 is 2.35 bits per heavy atom. The molecule has 0 aliphatic carbocycles. The van der Waals surface area contributed by atoms with Gasteiger partial charge in [-0.3, -0.25) is 24.5 Å². The molecule has 0 spiro atoms. The van der Waals surface area contributed by atoms with Crippen LogP contribution in [0.25, 0.3) is 0 Å². The highest BCUT2D eigenvalue weighted by Gasteiger charge is 2.31. The molecule has 0 aliphatic rings. The lowest BCUT2D eigenvalue weighted by Crippen LogP contribution is -2.39. The van der Waals surface area contributed by atoms with Gasteiger partial charge in [0.05, 0.1) is 18.1 Å². The second-order valence-electron chi connectivity index (χ2n) is 8.00. The molecule has 0 unspecified atom stereocenters. The molecule has 0 bridgehead atoms. The maximum Gasteiger partial charge on any atom is 0.290 e. The Balaban J connectivity index is 2.91. The van der Waals surface area contributed by atoms with Gasteiger partial charge in [0.1, 0.15) is 5.78 Å². The van der Waals surface area contributed by atoms with E-state index in [0.29, 0.717) is 0 Å². The summed E-state index contributed by atoms with van der Waals surface area (Å²) in [6.07, 6.45) is 0.259. The van der Waals surface area contributed by atoms with Crippen LogP contribution < -0.4 is 5.32 Å². The van der Waals surface area contributed by atoms with Crippen LogP contribution in [0.1, 0.15) is 37.6 Å². The van der Waals surface area contributed by atoms with Crippen LogP contribution in [0.4, 0.5) is 5.69 Å². The molecule has 0 saturated carbocycles. The molecule has 12 nitrogen and oxygen atoms in total. The molecule has 0 aromatic heterocycles. The molecule has 190 valence electrons. The number of ketones is 1. The van der Waals surface area contributed by atoms with Crippen molar-refractivity contribution >= 4 is 33.3 Å². The van der Waals surface area contributed by atoms with Gasteiger partial charge in [-0.1, -0.05) is 13.8 Å². The topological polar surface area (TPSA) is 156 Å². The van der Waals surface area contributed by atoms with Crippen LogP contribution >= 0.6 is 0 Å². The van der Waals surface area contributed by atoms with E-state index in [2.05, 4.69) is 5.32 Å². The number of amides is 2. The second-order valence-corrected chi connectivity index (χ2v) is 10.0. The summed E-state index contributed by atoms with van der Waals surface area (Å²) in [5, 5.41) is 14.1. The van der Waals surface area contributed by atoms with Crippen molar-refractivity contribution in [1.82, 2.24) is 14.5 Å². The molecule has 2 amide bonds. The lowest BCUT2D eigenvalue weighted by molar-refractivity contribution is -0.387. The van der Waals surface area contributed by atoms with Gasteiger partial charge < -0.3 is 15.0 Å². The van der Waals surface area contributed by atoms with Crippen molar-refractivity contribution in [3.8, 4) is 0 Å². The number of nitrogens with one attached hydrogen (secondary N) is 1. The number of carbonyl (C=O) groups is 3. The van der Waals surface area contributed by atoms with Gasteiger partial charge in [-0.05, 0) is 19.1 Å². The van der Waals surface area contributed by atoms with Crippen molar-refractivity contribution in [1.29, 1.82) is 0 Å². The number of likely N-dealkylation sites (N-methyl/N-ethyl adjacent to an activating group) is 2. The van der Waals surface area contributed by atoms with E-state index < -0.39 is 31.4 Å². The van der Waals surface area contributed by atoms with E-state index in [4.69, 9.17) is 4.74 Å². The highest BCUT2D eigenvalue weighted by atomic mass is 32.2. The van der Waals surface area contributed by atoms with Crippen molar-refractivity contribution in [2.24, 2.45) is 5.92 Å². The summed E-state index contributed by atoms with van der Waals surface area (Å²) < 4.78 is 32.0. The Morgan fingerprint density at radius 2 is 1.79 bits per heavy atom. The maximum absolute atomic E-state index is 13.0. The van der Waals surface area contributed by atoms with E-state index >= 15 is 0 Å². The van der Waals surface area contributed by atoms with Crippen molar-refractivity contribution in [3.63, 3.8) is 0 Å². The standard InChI is InChI=1S/C21H32N4O8S/c1-15(2)21(28)23(4)10-11-24(5)34(31,32)19-7-6-17(14-18(19)25(29)30)20(27)22-9-13-33-12-8-16(3)26/h6-7,14-15H,8-13H2,1-5H3,(H,22,27). The zero-order valence-electron chi connectivity index (χ0n) is 20.1. The van der Waals surface area contributed by atoms with Gasteiger partial charge in [0, 0.05) is 57.7 Å². The molecule has 1 N–H and O–H groups in total. The van der Waals surface area contributed by atoms with Crippen LogP contribution in [0.5, 0.6) is 0 Å². The summed E-state index contributed by atoms with van der Waals surface area (Å²) in [5.74, 6) is -1.06. The number of nitro benzene ring substituents is 1. The minimum Gasteiger partial charge on any atom is -0.379 e. The highest BCUT2D eigenvalue weighted by molar-refractivity contribution is 7.89. The summed E-state index contributed by atoms with van der Waals surface area (Å²) in [7, 11) is -1.45. The Kier molecular flexibility index (Phi) is 11.2. The molecule has 0 radical (unpaired) electrons. The number of hydrogen-bond donors (Lipinski definition) is 1. The van der Waals surface area contributed by atoms with Crippen LogP contribution in [-0.2, 0) is 24.3 Å². The third-order valence-electron chi connectivity index (χ3n) is 4.86. The summed E-state index contributed by atoms with van der Waals surface area (Å²) >= 11 is 0. The van der Waals surface area contributed by atoms with Gasteiger partial charge in [-0.15, -0.1) is 0 Å². The lowest BCUT2D eigenvalue weighted by atomic mass is 10.2. The second kappa shape index (κ2) is 13.1. The molecule has 0 heterocycles. The molecule has 1 aromatic carbocycles. The van der Waals surface area contributed by atoms with E-state index in [9.17, 15) is 32.9 Å². The summed E-state index contributed by atoms with van der Waals surface area (Å²) in [6, 6.07) is 3.11. The zero-order chi connectivity index (χ0) is 26.1. The third kappa shape index (κ3) is 8.47. The predicted octanol–water partition coefficient (Wildman–Crippen LogP) is 1.06. The fourth-order valence-corrected chi connectivity index (χ4v) is 4.10. The first-order valence-corrected chi connectivity index (χ1v) is 12.1. The van der Waals surface area contributed by atoms with Crippen molar-refractivity contribution in [2.45, 2.75) is 32.1 Å². The van der Waals surface area contributed by atoms with Crippen LogP contribution in [0, 0.1) is 16.0 Å². The Labute approximate surface area is 199 Å². The molecular weight excluding hydrogens is 468 g/mol. The highest BCUT2D eigenvalue weighted by Crippen LogP contribution is 2.27. The third-order valence-corrected chi connectivity index (χ3v) is 6.76. The van der Waals surface area contributed by atoms with Crippen LogP contribution in [0.15, 0.2) is 23.1 Å². The van der Waals surface area contributed by atoms with Crippen molar-refractivity contribution < 1.29 is 32.5 Å². The van der Waals surface area contributed by atoms with E-state index in [0.717, 1.165) is 16.4 Å². The van der Waals surface area contributed by atoms with Gasteiger partial charge in [0.25, 0.3) is 11.6 Å². The van der Waals surface area contributed by atoms with Crippen LogP contribution in [0.2, 0.25) is 0 Å². The average molecular weight is 501 g/mol. The minimum absolute atomic E-state index is 0.0203. The number of sulfonamides is 1. The lowest BCUT2D eigenvalue weighted by Gasteiger charge is -2.23. The molecule has 34 heavy (non-hydrogen) atoms. The van der Waals surface area contributed by atoms with Gasteiger partial charge >= 0.3 is 0 Å². The monoisotopic (exact) mass is 500 g/mol. The quantitative estimate of drug-likeness (QED) is 0.226. The largest absolute Gasteiger partial charge is 0.379 e. The van der Waals surface area contributed by atoms with E-state index in [1.54, 1.807) is 20.9 Å². The van der Waals surface area contributed by atoms with Crippen molar-refractivity contribution in [3.05, 3.63) is 33.9 Å². The molecule has 1 aromatic rings. The Hall–Kier alpha value is -2.90. The number of nitro groups is 1. The first-order valence-electron chi connectivity index (χ1n) is 10.6. The number of ether oxygens (including phenoxy) is 1. The average Bonchev–Trinajstić information content (AvgIpc) is 2.77. The molecule has 0 aliphatic heterocycles. The number of hydrogen-bond acceptors (Lipinski definition) is 8. The number of benzene rings is 1. The van der Waals surface area contributed by atoms with E-state index in [1.165, 1.54) is 24.9 Å². The summed E-state index contributed by atoms with van der Waals surface area (Å²) in [4.78, 5) is 46.7. The molecule has 0 atom stereocenters. The Morgan fingerprint density at radius 1 is 1.15 bits per heavy atom. The van der Waals surface area contributed by atoms with Crippen LogP contribution in [0.3, 0.4) is 0 Å². The molecule has 0 saturated heterocycles. The Bertz CT molecular complexity index is 1010. The van der Waals surface area contributed by atoms with Crippen molar-refractivity contribution in [2.75, 3.05) is 46.9 Å². The first-order chi connectivity index (χ1) is 15.8. The zero-order valence-corrected chi connectivity index (χ0v) is 20.9. The number of Topliss-reactive ketones (excluding diaryl/α,β-unsaturated/α-hetero) is 1. The molecule has 0 fully saturated rings. The van der Waals surface area contributed by atoms with Gasteiger partial charge in [0.15, 0.2) is 4.90 Å². The molecule has 1 rings (SSSR count). The van der Waals surface area contributed by atoms with Gasteiger partial charge in [-0.2, -0.15) is 4.31 Å². The molecule has 13 heteroatoms. The number of nitrogens with zero attached hydrogens (tertiary/aromatic N) is 3. The SMILES string of the molecule is CC(=O)CCOCCNC(=O)c1ccc(S(=O)(=O)N(C)CCN(C)C(=O)C(C)C)c([N+](=O)[O-])c1. The fourth-order valence-electron chi connectivity index (χ4n) is 2.81. The predicted molar refractivity (Wildman–Crippen MR) is 124 cm³/mol. The smallest absolute Gasteiger partial charge is 0.290 e. The molecular formula is C21H32N4O8S. The summed E-state index contributed by atoms with van der Waals surface area (Å²) in [5.41, 5.74) is -0.817. The van der Waals surface area contributed by atoms with E-state index in [-0.39, 0.29) is 62.4 Å². The first kappa shape index (κ1) is 29.1. The number of carbonyl (C=O) groups excluding carboxylic acids is 3.